The van der Waals surface area contributed by atoms with Crippen molar-refractivity contribution in [2.45, 2.75) is 18.3 Å². The molecule has 1 aliphatic rings. The molecule has 0 atom stereocenters. The number of anilines is 1. The van der Waals surface area contributed by atoms with Gasteiger partial charge in [-0.3, -0.25) is 9.78 Å². The SMILES string of the molecule is O=C(Nc1cc(F)n(-c2cncc(F)c2)n1)C1(c2ccccc2F)CC1. The van der Waals surface area contributed by atoms with Crippen LogP contribution in [0.25, 0.3) is 5.69 Å². The number of carbonyl (C=O) groups is 1. The Balaban J connectivity index is 1.60. The molecule has 0 radical (unpaired) electrons. The van der Waals surface area contributed by atoms with Crippen LogP contribution in [0.1, 0.15) is 18.4 Å². The first-order valence-electron chi connectivity index (χ1n) is 7.92. The van der Waals surface area contributed by atoms with Gasteiger partial charge in [-0.2, -0.15) is 4.39 Å². The molecule has 26 heavy (non-hydrogen) atoms. The van der Waals surface area contributed by atoms with Crippen LogP contribution in [0.3, 0.4) is 0 Å². The lowest BCUT2D eigenvalue weighted by Crippen LogP contribution is -2.29. The van der Waals surface area contributed by atoms with E-state index >= 15 is 0 Å². The summed E-state index contributed by atoms with van der Waals surface area (Å²) < 4.78 is 42.3. The summed E-state index contributed by atoms with van der Waals surface area (Å²) in [6.45, 7) is 0. The third-order valence-electron chi connectivity index (χ3n) is 4.42. The summed E-state index contributed by atoms with van der Waals surface area (Å²) >= 11 is 0. The molecule has 8 heteroatoms. The third kappa shape index (κ3) is 2.73. The van der Waals surface area contributed by atoms with Crippen molar-refractivity contribution in [3.8, 4) is 5.69 Å². The number of benzene rings is 1. The van der Waals surface area contributed by atoms with Gasteiger partial charge in [0.1, 0.15) is 11.6 Å². The molecule has 1 N–H and O–H groups in total. The lowest BCUT2D eigenvalue weighted by Gasteiger charge is -2.15. The van der Waals surface area contributed by atoms with E-state index in [1.165, 1.54) is 12.3 Å². The molecule has 1 aromatic carbocycles. The fourth-order valence-electron chi connectivity index (χ4n) is 2.95. The molecule has 1 amide bonds. The quantitative estimate of drug-likeness (QED) is 0.778. The van der Waals surface area contributed by atoms with Gasteiger partial charge in [0.2, 0.25) is 11.9 Å². The molecular weight excluding hydrogens is 345 g/mol. The average molecular weight is 358 g/mol. The maximum absolute atomic E-state index is 14.1. The van der Waals surface area contributed by atoms with Gasteiger partial charge >= 0.3 is 0 Å². The normalized spacial score (nSPS) is 14.9. The number of hydrogen-bond donors (Lipinski definition) is 1. The van der Waals surface area contributed by atoms with Crippen LogP contribution in [0.2, 0.25) is 0 Å². The van der Waals surface area contributed by atoms with Crippen LogP contribution >= 0.6 is 0 Å². The highest BCUT2D eigenvalue weighted by Gasteiger charge is 2.52. The first-order valence-corrected chi connectivity index (χ1v) is 7.92. The molecule has 132 valence electrons. The minimum Gasteiger partial charge on any atom is -0.308 e. The molecule has 0 spiro atoms. The van der Waals surface area contributed by atoms with Gasteiger partial charge in [0.05, 0.1) is 23.5 Å². The minimum absolute atomic E-state index is 0.0422. The monoisotopic (exact) mass is 358 g/mol. The maximum atomic E-state index is 14.1. The molecule has 4 rings (SSSR count). The van der Waals surface area contributed by atoms with Gasteiger partial charge in [-0.25, -0.2) is 13.5 Å². The highest BCUT2D eigenvalue weighted by atomic mass is 19.1. The average Bonchev–Trinajstić information content (AvgIpc) is 3.34. The second-order valence-corrected chi connectivity index (χ2v) is 6.14. The van der Waals surface area contributed by atoms with E-state index in [0.717, 1.165) is 23.0 Å². The first-order chi connectivity index (χ1) is 12.5. The van der Waals surface area contributed by atoms with Crippen molar-refractivity contribution in [3.05, 3.63) is 71.9 Å². The minimum atomic E-state index is -0.966. The molecule has 1 saturated carbocycles. The number of pyridine rings is 1. The zero-order chi connectivity index (χ0) is 18.3. The summed E-state index contributed by atoms with van der Waals surface area (Å²) in [4.78, 5) is 16.3. The molecule has 5 nitrogen and oxygen atoms in total. The van der Waals surface area contributed by atoms with Crippen LogP contribution in [0.15, 0.2) is 48.8 Å². The van der Waals surface area contributed by atoms with E-state index in [1.807, 2.05) is 0 Å². The highest BCUT2D eigenvalue weighted by molar-refractivity contribution is 6.00. The number of carbonyl (C=O) groups excluding carboxylic acids is 1. The third-order valence-corrected chi connectivity index (χ3v) is 4.42. The van der Waals surface area contributed by atoms with Crippen LogP contribution in [0, 0.1) is 17.6 Å². The zero-order valence-corrected chi connectivity index (χ0v) is 13.4. The number of hydrogen-bond acceptors (Lipinski definition) is 3. The first kappa shape index (κ1) is 16.3. The molecule has 2 heterocycles. The standard InChI is InChI=1S/C18H13F3N4O/c19-11-7-12(10-22-9-11)25-15(21)8-16(24-25)23-17(26)18(5-6-18)13-3-1-2-4-14(13)20/h1-4,7-10H,5-6H2,(H,23,24,26). The Morgan fingerprint density at radius 1 is 1.12 bits per heavy atom. The Morgan fingerprint density at radius 3 is 2.58 bits per heavy atom. The van der Waals surface area contributed by atoms with E-state index in [1.54, 1.807) is 18.2 Å². The Morgan fingerprint density at radius 2 is 1.88 bits per heavy atom. The fraction of sp³-hybridized carbons (Fsp3) is 0.167. The predicted molar refractivity (Wildman–Crippen MR) is 87.2 cm³/mol. The fourth-order valence-corrected chi connectivity index (χ4v) is 2.95. The van der Waals surface area contributed by atoms with Crippen molar-refractivity contribution >= 4 is 11.7 Å². The number of rotatable bonds is 4. The van der Waals surface area contributed by atoms with Gasteiger partial charge in [-0.05, 0) is 18.9 Å². The van der Waals surface area contributed by atoms with E-state index in [9.17, 15) is 18.0 Å². The Kier molecular flexibility index (Phi) is 3.75. The summed E-state index contributed by atoms with van der Waals surface area (Å²) in [5.74, 6) is -2.38. The molecular formula is C18H13F3N4O. The summed E-state index contributed by atoms with van der Waals surface area (Å²) in [5.41, 5.74) is -0.573. The Hall–Kier alpha value is -3.16. The summed E-state index contributed by atoms with van der Waals surface area (Å²) in [7, 11) is 0. The van der Waals surface area contributed by atoms with Crippen molar-refractivity contribution in [1.82, 2.24) is 14.8 Å². The summed E-state index contributed by atoms with van der Waals surface area (Å²) in [6, 6.07) is 8.16. The largest absolute Gasteiger partial charge is 0.308 e. The number of nitrogens with zero attached hydrogens (tertiary/aromatic N) is 3. The van der Waals surface area contributed by atoms with Crippen molar-refractivity contribution in [1.29, 1.82) is 0 Å². The Bertz CT molecular complexity index is 998. The van der Waals surface area contributed by atoms with Gasteiger partial charge in [0, 0.05) is 17.7 Å². The zero-order valence-electron chi connectivity index (χ0n) is 13.4. The molecule has 1 aliphatic carbocycles. The number of amides is 1. The lowest BCUT2D eigenvalue weighted by molar-refractivity contribution is -0.118. The van der Waals surface area contributed by atoms with Crippen molar-refractivity contribution in [2.24, 2.45) is 0 Å². The lowest BCUT2D eigenvalue weighted by atomic mass is 9.94. The van der Waals surface area contributed by atoms with Gasteiger partial charge in [-0.1, -0.05) is 18.2 Å². The molecule has 1 fully saturated rings. The van der Waals surface area contributed by atoms with Crippen LogP contribution in [0.4, 0.5) is 19.0 Å². The van der Waals surface area contributed by atoms with E-state index in [2.05, 4.69) is 15.4 Å². The number of nitrogens with one attached hydrogen (secondary N) is 1. The summed E-state index contributed by atoms with van der Waals surface area (Å²) in [5, 5.41) is 6.45. The van der Waals surface area contributed by atoms with Crippen LogP contribution < -0.4 is 5.32 Å². The molecule has 0 saturated heterocycles. The molecule has 0 bridgehead atoms. The van der Waals surface area contributed by atoms with Crippen molar-refractivity contribution < 1.29 is 18.0 Å². The Labute approximate surface area is 146 Å². The number of halogens is 3. The van der Waals surface area contributed by atoms with Gasteiger partial charge in [0.15, 0.2) is 5.82 Å². The van der Waals surface area contributed by atoms with Crippen molar-refractivity contribution in [3.63, 3.8) is 0 Å². The van der Waals surface area contributed by atoms with Crippen LogP contribution in [0.5, 0.6) is 0 Å². The number of aromatic nitrogens is 3. The smallest absolute Gasteiger partial charge is 0.236 e. The van der Waals surface area contributed by atoms with E-state index < -0.39 is 28.9 Å². The van der Waals surface area contributed by atoms with E-state index in [0.29, 0.717) is 18.4 Å². The predicted octanol–water partition coefficient (Wildman–Crippen LogP) is 3.35. The van der Waals surface area contributed by atoms with Crippen LogP contribution in [-0.4, -0.2) is 20.7 Å². The van der Waals surface area contributed by atoms with Gasteiger partial charge < -0.3 is 5.32 Å². The molecule has 0 aliphatic heterocycles. The molecule has 3 aromatic rings. The van der Waals surface area contributed by atoms with E-state index in [4.69, 9.17) is 0 Å². The van der Waals surface area contributed by atoms with Crippen molar-refractivity contribution in [2.75, 3.05) is 5.32 Å². The maximum Gasteiger partial charge on any atom is 0.236 e. The second-order valence-electron chi connectivity index (χ2n) is 6.14. The topological polar surface area (TPSA) is 59.8 Å². The molecule has 0 unspecified atom stereocenters. The molecule has 2 aromatic heterocycles. The summed E-state index contributed by atoms with van der Waals surface area (Å²) in [6.07, 6.45) is 3.22. The highest BCUT2D eigenvalue weighted by Crippen LogP contribution is 2.49. The van der Waals surface area contributed by atoms with Gasteiger partial charge in [-0.15, -0.1) is 5.10 Å². The van der Waals surface area contributed by atoms with Crippen LogP contribution in [-0.2, 0) is 10.2 Å². The van der Waals surface area contributed by atoms with Gasteiger partial charge in [0.25, 0.3) is 0 Å². The van der Waals surface area contributed by atoms with E-state index in [-0.39, 0.29) is 11.5 Å². The second kappa shape index (κ2) is 5.98.